The van der Waals surface area contributed by atoms with E-state index in [-0.39, 0.29) is 5.97 Å². The summed E-state index contributed by atoms with van der Waals surface area (Å²) in [6, 6.07) is 9.52. The molecule has 0 aromatic heterocycles. The van der Waals surface area contributed by atoms with Crippen LogP contribution in [0.25, 0.3) is 0 Å². The Morgan fingerprint density at radius 2 is 1.86 bits per heavy atom. The average Bonchev–Trinajstić information content (AvgIpc) is 2.52. The number of hydrogen-bond acceptors (Lipinski definition) is 4. The number of benzene rings is 1. The molecule has 0 saturated heterocycles. The predicted molar refractivity (Wildman–Crippen MR) is 86.0 cm³/mol. The van der Waals surface area contributed by atoms with Crippen molar-refractivity contribution >= 4 is 5.97 Å². The molecule has 4 nitrogen and oxygen atoms in total. The van der Waals surface area contributed by atoms with Crippen LogP contribution < -0.4 is 5.73 Å². The van der Waals surface area contributed by atoms with Gasteiger partial charge in [-0.15, -0.1) is 0 Å². The van der Waals surface area contributed by atoms with Gasteiger partial charge in [-0.05, 0) is 38.4 Å². The van der Waals surface area contributed by atoms with Crippen LogP contribution in [0.1, 0.15) is 39.2 Å². The van der Waals surface area contributed by atoms with Crippen LogP contribution in [0.4, 0.5) is 0 Å². The molecule has 0 amide bonds. The third kappa shape index (κ3) is 4.83. The van der Waals surface area contributed by atoms with Crippen LogP contribution in [-0.2, 0) is 15.1 Å². The summed E-state index contributed by atoms with van der Waals surface area (Å²) >= 11 is 0. The van der Waals surface area contributed by atoms with Crippen molar-refractivity contribution in [1.82, 2.24) is 4.90 Å². The van der Waals surface area contributed by atoms with Gasteiger partial charge in [-0.3, -0.25) is 0 Å². The lowest BCUT2D eigenvalue weighted by molar-refractivity contribution is -0.150. The lowest BCUT2D eigenvalue weighted by Gasteiger charge is -2.30. The standard InChI is InChI=1S/C17H28N2O2/c1-4-13-19(5-2)14-12-17(18,16(20)21-6-3)15-10-8-7-9-11-15/h7-11H,4-6,12-14,18H2,1-3H3. The summed E-state index contributed by atoms with van der Waals surface area (Å²) in [6.07, 6.45) is 1.65. The summed E-state index contributed by atoms with van der Waals surface area (Å²) in [4.78, 5) is 14.7. The van der Waals surface area contributed by atoms with Crippen LogP contribution in [0.15, 0.2) is 30.3 Å². The molecule has 0 aliphatic rings. The number of esters is 1. The maximum absolute atomic E-state index is 12.4. The highest BCUT2D eigenvalue weighted by Gasteiger charge is 2.37. The van der Waals surface area contributed by atoms with Crippen LogP contribution in [0.3, 0.4) is 0 Å². The monoisotopic (exact) mass is 292 g/mol. The third-order valence-corrected chi connectivity index (χ3v) is 3.74. The van der Waals surface area contributed by atoms with Gasteiger partial charge < -0.3 is 15.4 Å². The van der Waals surface area contributed by atoms with Gasteiger partial charge in [0.25, 0.3) is 0 Å². The molecule has 2 N–H and O–H groups in total. The minimum Gasteiger partial charge on any atom is -0.464 e. The number of carbonyl (C=O) groups is 1. The number of carbonyl (C=O) groups excluding carboxylic acids is 1. The minimum atomic E-state index is -1.07. The Labute approximate surface area is 128 Å². The van der Waals surface area contributed by atoms with Crippen LogP contribution in [0, 0.1) is 0 Å². The van der Waals surface area contributed by atoms with Gasteiger partial charge in [0.05, 0.1) is 6.61 Å². The zero-order valence-corrected chi connectivity index (χ0v) is 13.5. The fourth-order valence-electron chi connectivity index (χ4n) is 2.44. The smallest absolute Gasteiger partial charge is 0.330 e. The molecule has 0 spiro atoms. The maximum Gasteiger partial charge on any atom is 0.330 e. The molecule has 118 valence electrons. The highest BCUT2D eigenvalue weighted by atomic mass is 16.5. The molecule has 0 radical (unpaired) electrons. The number of nitrogens with zero attached hydrogens (tertiary/aromatic N) is 1. The topological polar surface area (TPSA) is 55.6 Å². The lowest BCUT2D eigenvalue weighted by atomic mass is 9.87. The molecule has 21 heavy (non-hydrogen) atoms. The normalized spacial score (nSPS) is 14.0. The van der Waals surface area contributed by atoms with Crippen molar-refractivity contribution in [3.8, 4) is 0 Å². The van der Waals surface area contributed by atoms with Gasteiger partial charge in [-0.1, -0.05) is 44.2 Å². The van der Waals surface area contributed by atoms with Gasteiger partial charge >= 0.3 is 5.97 Å². The van der Waals surface area contributed by atoms with Gasteiger partial charge in [0.15, 0.2) is 0 Å². The molecule has 0 aliphatic heterocycles. The van der Waals surface area contributed by atoms with Crippen LogP contribution in [-0.4, -0.2) is 37.1 Å². The van der Waals surface area contributed by atoms with E-state index >= 15 is 0 Å². The second kappa shape index (κ2) is 8.80. The minimum absolute atomic E-state index is 0.344. The Hall–Kier alpha value is -1.39. The second-order valence-corrected chi connectivity index (χ2v) is 5.24. The van der Waals surface area contributed by atoms with E-state index in [0.29, 0.717) is 13.0 Å². The largest absolute Gasteiger partial charge is 0.464 e. The SMILES string of the molecule is CCCN(CC)CCC(N)(C(=O)OCC)c1ccccc1. The Balaban J connectivity index is 2.90. The van der Waals surface area contributed by atoms with Crippen molar-refractivity contribution in [3.05, 3.63) is 35.9 Å². The van der Waals surface area contributed by atoms with Crippen LogP contribution in [0.5, 0.6) is 0 Å². The first-order valence-electron chi connectivity index (χ1n) is 7.82. The summed E-state index contributed by atoms with van der Waals surface area (Å²) in [5.74, 6) is -0.344. The average molecular weight is 292 g/mol. The Morgan fingerprint density at radius 1 is 1.19 bits per heavy atom. The van der Waals surface area contributed by atoms with Crippen molar-refractivity contribution in [3.63, 3.8) is 0 Å². The summed E-state index contributed by atoms with van der Waals surface area (Å²) in [6.45, 7) is 9.19. The summed E-state index contributed by atoms with van der Waals surface area (Å²) in [5, 5.41) is 0. The van der Waals surface area contributed by atoms with Gasteiger partial charge in [0.2, 0.25) is 0 Å². The van der Waals surface area contributed by atoms with Crippen molar-refractivity contribution < 1.29 is 9.53 Å². The molecular formula is C17H28N2O2. The molecule has 0 aliphatic carbocycles. The predicted octanol–water partition coefficient (Wildman–Crippen LogP) is 2.53. The number of hydrogen-bond donors (Lipinski definition) is 1. The molecule has 0 heterocycles. The van der Waals surface area contributed by atoms with E-state index < -0.39 is 5.54 Å². The fraction of sp³-hybridized carbons (Fsp3) is 0.588. The fourth-order valence-corrected chi connectivity index (χ4v) is 2.44. The Bertz CT molecular complexity index is 422. The molecule has 1 atom stereocenters. The van der Waals surface area contributed by atoms with Crippen LogP contribution in [0.2, 0.25) is 0 Å². The number of ether oxygens (including phenoxy) is 1. The first-order valence-corrected chi connectivity index (χ1v) is 7.82. The van der Waals surface area contributed by atoms with Gasteiger partial charge in [0, 0.05) is 6.54 Å². The van der Waals surface area contributed by atoms with E-state index in [0.717, 1.165) is 31.6 Å². The Kier molecular flexibility index (Phi) is 7.40. The zero-order chi connectivity index (χ0) is 15.7. The molecule has 1 aromatic carbocycles. The summed E-state index contributed by atoms with van der Waals surface area (Å²) in [7, 11) is 0. The zero-order valence-electron chi connectivity index (χ0n) is 13.5. The molecule has 1 aromatic rings. The van der Waals surface area contributed by atoms with Crippen molar-refractivity contribution in [2.75, 3.05) is 26.2 Å². The van der Waals surface area contributed by atoms with Gasteiger partial charge in [-0.25, -0.2) is 4.79 Å². The highest BCUT2D eigenvalue weighted by molar-refractivity contribution is 5.82. The van der Waals surface area contributed by atoms with E-state index in [1.807, 2.05) is 30.3 Å². The highest BCUT2D eigenvalue weighted by Crippen LogP contribution is 2.24. The van der Waals surface area contributed by atoms with E-state index in [2.05, 4.69) is 18.7 Å². The molecular weight excluding hydrogens is 264 g/mol. The summed E-state index contributed by atoms with van der Waals surface area (Å²) < 4.78 is 5.20. The lowest BCUT2D eigenvalue weighted by Crippen LogP contribution is -2.48. The van der Waals surface area contributed by atoms with E-state index in [4.69, 9.17) is 10.5 Å². The van der Waals surface area contributed by atoms with Crippen molar-refractivity contribution in [2.45, 2.75) is 39.2 Å². The van der Waals surface area contributed by atoms with Crippen molar-refractivity contribution in [1.29, 1.82) is 0 Å². The molecule has 4 heteroatoms. The Morgan fingerprint density at radius 3 is 2.38 bits per heavy atom. The third-order valence-electron chi connectivity index (χ3n) is 3.74. The number of rotatable bonds is 9. The number of nitrogens with two attached hydrogens (primary N) is 1. The van der Waals surface area contributed by atoms with E-state index in [1.165, 1.54) is 0 Å². The van der Waals surface area contributed by atoms with E-state index in [9.17, 15) is 4.79 Å². The van der Waals surface area contributed by atoms with Crippen LogP contribution >= 0.6 is 0 Å². The van der Waals surface area contributed by atoms with Gasteiger partial charge in [-0.2, -0.15) is 0 Å². The molecule has 0 fully saturated rings. The summed E-state index contributed by atoms with van der Waals surface area (Å²) in [5.41, 5.74) is 6.19. The first kappa shape index (κ1) is 17.7. The van der Waals surface area contributed by atoms with Crippen molar-refractivity contribution in [2.24, 2.45) is 5.73 Å². The quantitative estimate of drug-likeness (QED) is 0.711. The molecule has 1 rings (SSSR count). The molecule has 0 bridgehead atoms. The second-order valence-electron chi connectivity index (χ2n) is 5.24. The molecule has 1 unspecified atom stereocenters. The van der Waals surface area contributed by atoms with E-state index in [1.54, 1.807) is 6.92 Å². The maximum atomic E-state index is 12.4. The van der Waals surface area contributed by atoms with Gasteiger partial charge in [0.1, 0.15) is 5.54 Å². The first-order chi connectivity index (χ1) is 10.1. The molecule has 0 saturated carbocycles.